The highest BCUT2D eigenvalue weighted by atomic mass is 16.5. The van der Waals surface area contributed by atoms with Gasteiger partial charge in [0.05, 0.1) is 18.7 Å². The molecule has 2 rings (SSSR count). The Morgan fingerprint density at radius 3 is 2.41 bits per heavy atom. The minimum Gasteiger partial charge on any atom is -0.469 e. The highest BCUT2D eigenvalue weighted by Crippen LogP contribution is 2.23. The van der Waals surface area contributed by atoms with Crippen molar-refractivity contribution in [2.24, 2.45) is 0 Å². The second-order valence-corrected chi connectivity index (χ2v) is 6.27. The zero-order chi connectivity index (χ0) is 19.5. The maximum atomic E-state index is 11.9. The average molecular weight is 364 g/mol. The number of hydrogen-bond acceptors (Lipinski definition) is 4. The van der Waals surface area contributed by atoms with E-state index in [0.29, 0.717) is 24.9 Å². The standard InChI is InChI=1S/C22H24N2O3/c1-27-22(26)10-4-2-3-9-21(25)24-16-17-11-13-18(14-12-17)20-8-6-5-7-19(20)15-23/h5-8,11-14H,2-4,9-10,16H2,1H3,(H,24,25). The Bertz CT molecular complexity index is 807. The van der Waals surface area contributed by atoms with Crippen LogP contribution >= 0.6 is 0 Å². The van der Waals surface area contributed by atoms with Crippen LogP contribution in [0.5, 0.6) is 0 Å². The maximum absolute atomic E-state index is 11.9. The number of nitriles is 1. The van der Waals surface area contributed by atoms with Crippen LogP contribution in [-0.2, 0) is 20.9 Å². The second kappa shape index (κ2) is 10.8. The van der Waals surface area contributed by atoms with E-state index in [-0.39, 0.29) is 11.9 Å². The summed E-state index contributed by atoms with van der Waals surface area (Å²) in [5, 5.41) is 12.1. The Hall–Kier alpha value is -3.13. The molecule has 0 unspecified atom stereocenters. The van der Waals surface area contributed by atoms with Gasteiger partial charge in [-0.3, -0.25) is 9.59 Å². The Morgan fingerprint density at radius 1 is 1.00 bits per heavy atom. The first-order valence-corrected chi connectivity index (χ1v) is 9.06. The van der Waals surface area contributed by atoms with Crippen molar-refractivity contribution < 1.29 is 14.3 Å². The summed E-state index contributed by atoms with van der Waals surface area (Å²) in [5.74, 6) is -0.202. The van der Waals surface area contributed by atoms with E-state index in [1.807, 2.05) is 42.5 Å². The molecule has 0 bridgehead atoms. The quantitative estimate of drug-likeness (QED) is 0.539. The number of carbonyl (C=O) groups excluding carboxylic acids is 2. The zero-order valence-corrected chi connectivity index (χ0v) is 15.5. The monoisotopic (exact) mass is 364 g/mol. The summed E-state index contributed by atoms with van der Waals surface area (Å²) in [7, 11) is 1.38. The third kappa shape index (κ3) is 6.59. The van der Waals surface area contributed by atoms with Gasteiger partial charge in [-0.05, 0) is 35.6 Å². The molecule has 140 valence electrons. The minimum atomic E-state index is -0.208. The fraction of sp³-hybridized carbons (Fsp3) is 0.318. The van der Waals surface area contributed by atoms with Gasteiger partial charge in [0, 0.05) is 19.4 Å². The van der Waals surface area contributed by atoms with Crippen molar-refractivity contribution >= 4 is 11.9 Å². The fourth-order valence-electron chi connectivity index (χ4n) is 2.76. The molecule has 1 N–H and O–H groups in total. The lowest BCUT2D eigenvalue weighted by Crippen LogP contribution is -2.22. The summed E-state index contributed by atoms with van der Waals surface area (Å²) in [6, 6.07) is 17.5. The largest absolute Gasteiger partial charge is 0.469 e. The molecule has 0 aliphatic rings. The van der Waals surface area contributed by atoms with Gasteiger partial charge in [-0.2, -0.15) is 5.26 Å². The van der Waals surface area contributed by atoms with Crippen LogP contribution in [0.3, 0.4) is 0 Å². The number of amides is 1. The minimum absolute atomic E-state index is 0.00645. The van der Waals surface area contributed by atoms with E-state index >= 15 is 0 Å². The molecule has 0 atom stereocenters. The predicted octanol–water partition coefficient (Wildman–Crippen LogP) is 3.96. The van der Waals surface area contributed by atoms with Crippen LogP contribution in [0, 0.1) is 11.3 Å². The number of unbranched alkanes of at least 4 members (excludes halogenated alkanes) is 2. The molecular formula is C22H24N2O3. The van der Waals surface area contributed by atoms with E-state index in [0.717, 1.165) is 36.0 Å². The van der Waals surface area contributed by atoms with Crippen LogP contribution in [0.15, 0.2) is 48.5 Å². The topological polar surface area (TPSA) is 79.2 Å². The molecular weight excluding hydrogens is 340 g/mol. The first-order valence-electron chi connectivity index (χ1n) is 9.06. The van der Waals surface area contributed by atoms with Gasteiger partial charge in [-0.1, -0.05) is 48.9 Å². The van der Waals surface area contributed by atoms with Crippen molar-refractivity contribution in [1.29, 1.82) is 5.26 Å². The number of nitrogens with one attached hydrogen (secondary N) is 1. The third-order valence-corrected chi connectivity index (χ3v) is 4.31. The molecule has 27 heavy (non-hydrogen) atoms. The summed E-state index contributed by atoms with van der Waals surface area (Å²) >= 11 is 0. The van der Waals surface area contributed by atoms with Gasteiger partial charge in [0.25, 0.3) is 0 Å². The van der Waals surface area contributed by atoms with Gasteiger partial charge in [0.15, 0.2) is 0 Å². The number of carbonyl (C=O) groups is 2. The molecule has 0 radical (unpaired) electrons. The smallest absolute Gasteiger partial charge is 0.305 e. The summed E-state index contributed by atoms with van der Waals surface area (Å²) in [6.45, 7) is 0.473. The fourth-order valence-corrected chi connectivity index (χ4v) is 2.76. The number of hydrogen-bond donors (Lipinski definition) is 1. The van der Waals surface area contributed by atoms with E-state index in [1.165, 1.54) is 7.11 Å². The molecule has 5 nitrogen and oxygen atoms in total. The summed E-state index contributed by atoms with van der Waals surface area (Å²) in [6.07, 6.45) is 3.18. The Kier molecular flexibility index (Phi) is 8.05. The van der Waals surface area contributed by atoms with Crippen molar-refractivity contribution in [1.82, 2.24) is 5.32 Å². The van der Waals surface area contributed by atoms with Gasteiger partial charge >= 0.3 is 5.97 Å². The van der Waals surface area contributed by atoms with Crippen molar-refractivity contribution in [2.45, 2.75) is 38.6 Å². The molecule has 0 saturated heterocycles. The van der Waals surface area contributed by atoms with E-state index in [9.17, 15) is 14.9 Å². The van der Waals surface area contributed by atoms with Gasteiger partial charge in [-0.15, -0.1) is 0 Å². The third-order valence-electron chi connectivity index (χ3n) is 4.31. The van der Waals surface area contributed by atoms with E-state index in [2.05, 4.69) is 16.1 Å². The van der Waals surface area contributed by atoms with Crippen molar-refractivity contribution in [3.63, 3.8) is 0 Å². The van der Waals surface area contributed by atoms with Crippen molar-refractivity contribution in [3.05, 3.63) is 59.7 Å². The molecule has 5 heteroatoms. The molecule has 2 aromatic carbocycles. The lowest BCUT2D eigenvalue weighted by Gasteiger charge is -2.08. The molecule has 1 amide bonds. The van der Waals surface area contributed by atoms with Crippen LogP contribution < -0.4 is 5.32 Å². The van der Waals surface area contributed by atoms with Gasteiger partial charge < -0.3 is 10.1 Å². The van der Waals surface area contributed by atoms with Gasteiger partial charge in [0.1, 0.15) is 0 Å². The molecule has 0 aliphatic carbocycles. The number of methoxy groups -OCH3 is 1. The number of ether oxygens (including phenoxy) is 1. The zero-order valence-electron chi connectivity index (χ0n) is 15.5. The summed E-state index contributed by atoms with van der Waals surface area (Å²) in [5.41, 5.74) is 3.54. The van der Waals surface area contributed by atoms with Crippen molar-refractivity contribution in [3.8, 4) is 17.2 Å². The number of rotatable bonds is 9. The average Bonchev–Trinajstić information content (AvgIpc) is 2.72. The number of nitrogens with zero attached hydrogens (tertiary/aromatic N) is 1. The maximum Gasteiger partial charge on any atom is 0.305 e. The molecule has 0 fully saturated rings. The van der Waals surface area contributed by atoms with E-state index < -0.39 is 0 Å². The summed E-state index contributed by atoms with van der Waals surface area (Å²) in [4.78, 5) is 22.9. The van der Waals surface area contributed by atoms with Gasteiger partial charge in [0.2, 0.25) is 5.91 Å². The Labute approximate surface area is 160 Å². The molecule has 0 spiro atoms. The molecule has 2 aromatic rings. The van der Waals surface area contributed by atoms with Crippen LogP contribution in [0.2, 0.25) is 0 Å². The molecule has 0 saturated carbocycles. The van der Waals surface area contributed by atoms with Crippen molar-refractivity contribution in [2.75, 3.05) is 7.11 Å². The molecule has 0 aliphatic heterocycles. The SMILES string of the molecule is COC(=O)CCCCCC(=O)NCc1ccc(-c2ccccc2C#N)cc1. The lowest BCUT2D eigenvalue weighted by atomic mass is 9.99. The first kappa shape index (κ1) is 20.2. The van der Waals surface area contributed by atoms with Crippen LogP contribution in [0.4, 0.5) is 0 Å². The van der Waals surface area contributed by atoms with E-state index in [4.69, 9.17) is 0 Å². The number of benzene rings is 2. The first-order chi connectivity index (χ1) is 13.1. The van der Waals surface area contributed by atoms with E-state index in [1.54, 1.807) is 6.07 Å². The molecule has 0 aromatic heterocycles. The number of esters is 1. The lowest BCUT2D eigenvalue weighted by molar-refractivity contribution is -0.140. The summed E-state index contributed by atoms with van der Waals surface area (Å²) < 4.78 is 4.58. The molecule has 0 heterocycles. The van der Waals surface area contributed by atoms with Gasteiger partial charge in [-0.25, -0.2) is 0 Å². The normalized spacial score (nSPS) is 10.1. The second-order valence-electron chi connectivity index (χ2n) is 6.27. The Balaban J connectivity index is 1.76. The Morgan fingerprint density at radius 2 is 1.70 bits per heavy atom. The highest BCUT2D eigenvalue weighted by molar-refractivity contribution is 5.76. The van der Waals surface area contributed by atoms with Crippen LogP contribution in [-0.4, -0.2) is 19.0 Å². The van der Waals surface area contributed by atoms with Crippen LogP contribution in [0.1, 0.15) is 43.2 Å². The predicted molar refractivity (Wildman–Crippen MR) is 104 cm³/mol. The van der Waals surface area contributed by atoms with Crippen LogP contribution in [0.25, 0.3) is 11.1 Å². The highest BCUT2D eigenvalue weighted by Gasteiger charge is 2.06.